The van der Waals surface area contributed by atoms with Gasteiger partial charge in [-0.05, 0) is 28.9 Å². The molecule has 0 aliphatic carbocycles. The fraction of sp³-hybridized carbons (Fsp3) is 0.333. The van der Waals surface area contributed by atoms with Crippen molar-refractivity contribution >= 4 is 21.6 Å². The molecule has 2 aromatic heterocycles. The predicted octanol–water partition coefficient (Wildman–Crippen LogP) is 2.08. The van der Waals surface area contributed by atoms with Crippen LogP contribution in [0.4, 0.5) is 5.69 Å². The number of aryl methyl sites for hydroxylation is 2. The minimum atomic E-state index is -0.150. The summed E-state index contributed by atoms with van der Waals surface area (Å²) < 4.78 is 7.07. The molecule has 0 fully saturated rings. The largest absolute Gasteiger partial charge is 0.469 e. The topological polar surface area (TPSA) is 51.3 Å². The number of hydrogen-bond donors (Lipinski definition) is 0. The highest BCUT2D eigenvalue weighted by Gasteiger charge is 2.13. The summed E-state index contributed by atoms with van der Waals surface area (Å²) in [5, 5.41) is 4.02. The van der Waals surface area contributed by atoms with Crippen LogP contribution in [0.15, 0.2) is 32.2 Å². The van der Waals surface area contributed by atoms with Gasteiger partial charge < -0.3 is 9.32 Å². The number of hydrogen-bond acceptors (Lipinski definition) is 4. The molecule has 0 aliphatic heterocycles. The van der Waals surface area contributed by atoms with Crippen LogP contribution in [0.3, 0.4) is 0 Å². The number of rotatable bonds is 3. The van der Waals surface area contributed by atoms with Crippen molar-refractivity contribution in [2.24, 2.45) is 7.05 Å². The average Bonchev–Trinajstić information content (AvgIpc) is 2.72. The summed E-state index contributed by atoms with van der Waals surface area (Å²) in [5.74, 6) is 0.884. The Morgan fingerprint density at radius 2 is 2.28 bits per heavy atom. The van der Waals surface area contributed by atoms with Crippen LogP contribution in [0, 0.1) is 6.92 Å². The second kappa shape index (κ2) is 4.97. The van der Waals surface area contributed by atoms with E-state index in [-0.39, 0.29) is 5.56 Å². The third-order valence-corrected chi connectivity index (χ3v) is 3.59. The highest BCUT2D eigenvalue weighted by Crippen LogP contribution is 2.22. The molecule has 96 valence electrons. The van der Waals surface area contributed by atoms with E-state index in [4.69, 9.17) is 4.42 Å². The number of halogens is 1. The van der Waals surface area contributed by atoms with Crippen molar-refractivity contribution in [2.45, 2.75) is 13.5 Å². The highest BCUT2D eigenvalue weighted by molar-refractivity contribution is 9.10. The Balaban J connectivity index is 2.30. The van der Waals surface area contributed by atoms with Crippen LogP contribution in [0.1, 0.15) is 11.3 Å². The Bertz CT molecular complexity index is 618. The fourth-order valence-corrected chi connectivity index (χ4v) is 2.35. The smallest absolute Gasteiger partial charge is 0.282 e. The first kappa shape index (κ1) is 12.9. The Morgan fingerprint density at radius 3 is 2.89 bits per heavy atom. The van der Waals surface area contributed by atoms with E-state index < -0.39 is 0 Å². The molecule has 0 N–H and O–H groups in total. The van der Waals surface area contributed by atoms with Crippen molar-refractivity contribution in [3.8, 4) is 0 Å². The lowest BCUT2D eigenvalue weighted by Gasteiger charge is -2.19. The monoisotopic (exact) mass is 311 g/mol. The summed E-state index contributed by atoms with van der Waals surface area (Å²) in [6.07, 6.45) is 3.33. The first-order valence-corrected chi connectivity index (χ1v) is 6.26. The zero-order chi connectivity index (χ0) is 13.3. The van der Waals surface area contributed by atoms with E-state index >= 15 is 0 Å². The Labute approximate surface area is 113 Å². The summed E-state index contributed by atoms with van der Waals surface area (Å²) in [6.45, 7) is 2.58. The van der Waals surface area contributed by atoms with E-state index in [0.717, 1.165) is 17.0 Å². The summed E-state index contributed by atoms with van der Waals surface area (Å²) in [6, 6.07) is 1.92. The minimum absolute atomic E-state index is 0.150. The maximum atomic E-state index is 11.8. The van der Waals surface area contributed by atoms with Crippen LogP contribution >= 0.6 is 15.9 Å². The lowest BCUT2D eigenvalue weighted by atomic mass is 10.2. The number of anilines is 1. The standard InChI is InChI=1S/C12H14BrN3O2/c1-8-9(4-5-18-8)7-15(2)10-6-14-16(3)12(17)11(10)13/h4-6H,7H2,1-3H3. The van der Waals surface area contributed by atoms with Gasteiger partial charge >= 0.3 is 0 Å². The third-order valence-electron chi connectivity index (χ3n) is 2.84. The molecule has 0 unspecified atom stereocenters. The maximum Gasteiger partial charge on any atom is 0.282 e. The molecule has 0 amide bonds. The quantitative estimate of drug-likeness (QED) is 0.871. The molecule has 0 aliphatic rings. The van der Waals surface area contributed by atoms with E-state index in [1.165, 1.54) is 4.68 Å². The zero-order valence-corrected chi connectivity index (χ0v) is 12.1. The van der Waals surface area contributed by atoms with Crippen LogP contribution in [0.25, 0.3) is 0 Å². The first-order valence-electron chi connectivity index (χ1n) is 5.46. The molecule has 0 bridgehead atoms. The van der Waals surface area contributed by atoms with Crippen LogP contribution in [0.5, 0.6) is 0 Å². The molecule has 6 heteroatoms. The molecular formula is C12H14BrN3O2. The molecule has 0 atom stereocenters. The van der Waals surface area contributed by atoms with Gasteiger partial charge in [0.25, 0.3) is 5.56 Å². The SMILES string of the molecule is Cc1occc1CN(C)c1cnn(C)c(=O)c1Br. The van der Waals surface area contributed by atoms with Crippen LogP contribution in [-0.4, -0.2) is 16.8 Å². The lowest BCUT2D eigenvalue weighted by molar-refractivity contribution is 0.529. The fourth-order valence-electron chi connectivity index (χ4n) is 1.68. The summed E-state index contributed by atoms with van der Waals surface area (Å²) in [4.78, 5) is 13.7. The van der Waals surface area contributed by atoms with Crippen molar-refractivity contribution in [3.63, 3.8) is 0 Å². The highest BCUT2D eigenvalue weighted by atomic mass is 79.9. The van der Waals surface area contributed by atoms with E-state index in [2.05, 4.69) is 21.0 Å². The third kappa shape index (κ3) is 2.33. The lowest BCUT2D eigenvalue weighted by Crippen LogP contribution is -2.25. The van der Waals surface area contributed by atoms with E-state index in [9.17, 15) is 4.79 Å². The average molecular weight is 312 g/mol. The Hall–Kier alpha value is -1.56. The minimum Gasteiger partial charge on any atom is -0.469 e. The molecule has 0 radical (unpaired) electrons. The Morgan fingerprint density at radius 1 is 1.56 bits per heavy atom. The molecule has 2 heterocycles. The number of nitrogens with zero attached hydrogens (tertiary/aromatic N) is 3. The maximum absolute atomic E-state index is 11.8. The molecule has 5 nitrogen and oxygen atoms in total. The van der Waals surface area contributed by atoms with Gasteiger partial charge in [-0.3, -0.25) is 4.79 Å². The van der Waals surface area contributed by atoms with Crippen molar-refractivity contribution in [2.75, 3.05) is 11.9 Å². The van der Waals surface area contributed by atoms with Crippen molar-refractivity contribution < 1.29 is 4.42 Å². The summed E-state index contributed by atoms with van der Waals surface area (Å²) >= 11 is 3.32. The normalized spacial score (nSPS) is 10.7. The van der Waals surface area contributed by atoms with Crippen molar-refractivity contribution in [1.29, 1.82) is 0 Å². The van der Waals surface area contributed by atoms with Gasteiger partial charge in [-0.25, -0.2) is 4.68 Å². The summed E-state index contributed by atoms with van der Waals surface area (Å²) in [5.41, 5.74) is 1.70. The number of aromatic nitrogens is 2. The van der Waals surface area contributed by atoms with Gasteiger partial charge in [-0.2, -0.15) is 5.10 Å². The van der Waals surface area contributed by atoms with Gasteiger partial charge in [0.2, 0.25) is 0 Å². The Kier molecular flexibility index (Phi) is 3.56. The predicted molar refractivity (Wildman–Crippen MR) is 72.7 cm³/mol. The van der Waals surface area contributed by atoms with E-state index in [1.54, 1.807) is 19.5 Å². The van der Waals surface area contributed by atoms with Crippen LogP contribution in [-0.2, 0) is 13.6 Å². The molecule has 0 spiro atoms. The van der Waals surface area contributed by atoms with Gasteiger partial charge in [-0.15, -0.1) is 0 Å². The number of furan rings is 1. The summed E-state index contributed by atoms with van der Waals surface area (Å²) in [7, 11) is 3.53. The van der Waals surface area contributed by atoms with Gasteiger partial charge in [0, 0.05) is 26.2 Å². The van der Waals surface area contributed by atoms with Crippen LogP contribution in [0.2, 0.25) is 0 Å². The molecule has 0 aromatic carbocycles. The van der Waals surface area contributed by atoms with E-state index in [1.807, 2.05) is 24.9 Å². The molecule has 2 rings (SSSR count). The molecule has 18 heavy (non-hydrogen) atoms. The van der Waals surface area contributed by atoms with Gasteiger partial charge in [0.1, 0.15) is 10.2 Å². The van der Waals surface area contributed by atoms with Crippen LogP contribution < -0.4 is 10.5 Å². The molecular weight excluding hydrogens is 298 g/mol. The van der Waals surface area contributed by atoms with Crippen molar-refractivity contribution in [3.05, 3.63) is 44.7 Å². The first-order chi connectivity index (χ1) is 8.50. The molecule has 0 saturated heterocycles. The van der Waals surface area contributed by atoms with Gasteiger partial charge in [0.15, 0.2) is 0 Å². The van der Waals surface area contributed by atoms with Gasteiger partial charge in [0.05, 0.1) is 18.1 Å². The molecule has 2 aromatic rings. The van der Waals surface area contributed by atoms with Crippen molar-refractivity contribution in [1.82, 2.24) is 9.78 Å². The van der Waals surface area contributed by atoms with E-state index in [0.29, 0.717) is 11.0 Å². The second-order valence-electron chi connectivity index (χ2n) is 4.13. The zero-order valence-electron chi connectivity index (χ0n) is 10.5. The second-order valence-corrected chi connectivity index (χ2v) is 4.92. The molecule has 0 saturated carbocycles. The van der Waals surface area contributed by atoms with Gasteiger partial charge in [-0.1, -0.05) is 0 Å².